The fraction of sp³-hybridized carbons (Fsp3) is 0. The predicted octanol–water partition coefficient (Wildman–Crippen LogP) is 18.3. The van der Waals surface area contributed by atoms with Gasteiger partial charge in [0, 0.05) is 66.1 Å². The zero-order valence-corrected chi connectivity index (χ0v) is 44.2. The van der Waals surface area contributed by atoms with E-state index < -0.39 is 0 Å². The number of nitriles is 3. The molecule has 83 heavy (non-hydrogen) atoms. The summed E-state index contributed by atoms with van der Waals surface area (Å²) in [4.78, 5) is 13.9. The van der Waals surface area contributed by atoms with Crippen LogP contribution in [0.15, 0.2) is 249 Å². The van der Waals surface area contributed by atoms with E-state index in [9.17, 15) is 15.8 Å². The normalized spacial score (nSPS) is 11.3. The maximum absolute atomic E-state index is 10.7. The van der Waals surface area contributed by atoms with E-state index in [-0.39, 0.29) is 0 Å². The standard InChI is InChI=1S/C74H41N9/c1-78-67-41-61(48-26-28-51(29-27-48)66-42-65(50-22-18-46(43-75)19-23-50)79-74(80-66)52-24-20-47(44-76)21-25-52)53(45-77)38-62(67)49-30-32-54(33-31-49)81-72-36-34-55(82-68-14-6-2-10-57(68)58-11-3-7-15-69(58)82)39-63(72)64-40-56(35-37-73(64)81)83-70-16-8-4-12-59(70)60-13-5-9-17-71(60)83/h2-42H. The molecule has 4 heterocycles. The average molecular weight is 1060 g/mol. The number of hydrogen-bond acceptors (Lipinski definition) is 5. The smallest absolute Gasteiger partial charge is 0.195 e. The van der Waals surface area contributed by atoms with Crippen molar-refractivity contribution >= 4 is 71.1 Å². The summed E-state index contributed by atoms with van der Waals surface area (Å²) in [6, 6.07) is 90.9. The first-order valence-corrected chi connectivity index (χ1v) is 27.1. The first-order valence-electron chi connectivity index (χ1n) is 27.1. The molecule has 15 rings (SSSR count). The van der Waals surface area contributed by atoms with Crippen molar-refractivity contribution in [3.63, 3.8) is 0 Å². The van der Waals surface area contributed by atoms with Gasteiger partial charge in [0.05, 0.1) is 86.0 Å². The van der Waals surface area contributed by atoms with E-state index in [4.69, 9.17) is 16.5 Å². The Bertz CT molecular complexity index is 4990. The van der Waals surface area contributed by atoms with Crippen LogP contribution in [0, 0.1) is 40.6 Å². The van der Waals surface area contributed by atoms with Crippen molar-refractivity contribution in [1.29, 1.82) is 15.8 Å². The molecule has 11 aromatic carbocycles. The minimum absolute atomic E-state index is 0.429. The molecule has 0 saturated carbocycles. The van der Waals surface area contributed by atoms with Gasteiger partial charge >= 0.3 is 0 Å². The van der Waals surface area contributed by atoms with E-state index in [1.807, 2.05) is 78.9 Å². The van der Waals surface area contributed by atoms with Crippen molar-refractivity contribution in [2.75, 3.05) is 0 Å². The lowest BCUT2D eigenvalue weighted by molar-refractivity contribution is 1.16. The zero-order valence-electron chi connectivity index (χ0n) is 44.2. The SMILES string of the molecule is [C-]#[N+]c1cc(-c2ccc(-c3cc(-c4ccc(C#N)cc4)nc(-c4ccc(C#N)cc4)n3)cc2)c(C#N)cc1-c1ccc(-n2c3ccc(-n4c5ccccc5c5ccccc54)cc3c3cc(-n4c5ccccc5c5ccccc54)ccc32)cc1. The molecule has 4 aromatic heterocycles. The van der Waals surface area contributed by atoms with Crippen LogP contribution in [-0.2, 0) is 0 Å². The van der Waals surface area contributed by atoms with Crippen LogP contribution in [0.25, 0.3) is 143 Å². The zero-order chi connectivity index (χ0) is 55.7. The topological polar surface area (TPSA) is 116 Å². The Balaban J connectivity index is 0.814. The van der Waals surface area contributed by atoms with Crippen molar-refractivity contribution in [3.8, 4) is 91.4 Å². The highest BCUT2D eigenvalue weighted by molar-refractivity contribution is 6.14. The largest absolute Gasteiger partial charge is 0.309 e. The van der Waals surface area contributed by atoms with Gasteiger partial charge in [0.1, 0.15) is 0 Å². The average Bonchev–Trinajstić information content (AvgIpc) is 4.18. The number of hydrogen-bond donors (Lipinski definition) is 0. The monoisotopic (exact) mass is 1060 g/mol. The molecule has 0 aliphatic rings. The second kappa shape index (κ2) is 19.3. The summed E-state index contributed by atoms with van der Waals surface area (Å²) in [7, 11) is 0. The first-order chi connectivity index (χ1) is 40.9. The van der Waals surface area contributed by atoms with Gasteiger partial charge < -0.3 is 13.7 Å². The highest BCUT2D eigenvalue weighted by Crippen LogP contribution is 2.42. The van der Waals surface area contributed by atoms with Gasteiger partial charge in [-0.1, -0.05) is 121 Å². The molecule has 0 amide bonds. The van der Waals surface area contributed by atoms with Crippen molar-refractivity contribution in [2.45, 2.75) is 0 Å². The Morgan fingerprint density at radius 1 is 0.325 bits per heavy atom. The quantitative estimate of drug-likeness (QED) is 0.141. The fourth-order valence-corrected chi connectivity index (χ4v) is 12.1. The van der Waals surface area contributed by atoms with E-state index in [1.54, 1.807) is 24.3 Å². The van der Waals surface area contributed by atoms with Gasteiger partial charge in [-0.15, -0.1) is 0 Å². The van der Waals surface area contributed by atoms with Crippen LogP contribution in [0.5, 0.6) is 0 Å². The van der Waals surface area contributed by atoms with E-state index in [0.717, 1.165) is 88.8 Å². The van der Waals surface area contributed by atoms with Crippen molar-refractivity contribution in [3.05, 3.63) is 277 Å². The van der Waals surface area contributed by atoms with Gasteiger partial charge in [-0.25, -0.2) is 14.8 Å². The van der Waals surface area contributed by atoms with E-state index in [2.05, 4.69) is 182 Å². The van der Waals surface area contributed by atoms with Crippen molar-refractivity contribution in [2.24, 2.45) is 0 Å². The molecule has 382 valence electrons. The maximum Gasteiger partial charge on any atom is 0.195 e. The lowest BCUT2D eigenvalue weighted by Gasteiger charge is -2.14. The van der Waals surface area contributed by atoms with Gasteiger partial charge in [-0.2, -0.15) is 15.8 Å². The van der Waals surface area contributed by atoms with Crippen molar-refractivity contribution in [1.82, 2.24) is 23.7 Å². The maximum atomic E-state index is 10.7. The molecule has 9 heteroatoms. The third-order valence-electron chi connectivity index (χ3n) is 16.0. The number of rotatable bonds is 8. The fourth-order valence-electron chi connectivity index (χ4n) is 12.1. The third-order valence-corrected chi connectivity index (χ3v) is 16.0. The van der Waals surface area contributed by atoms with Crippen LogP contribution < -0.4 is 0 Å². The molecule has 0 radical (unpaired) electrons. The highest BCUT2D eigenvalue weighted by atomic mass is 15.0. The minimum atomic E-state index is 0.429. The van der Waals surface area contributed by atoms with Gasteiger partial charge in [-0.3, -0.25) is 0 Å². The molecule has 15 aromatic rings. The van der Waals surface area contributed by atoms with Gasteiger partial charge in [0.15, 0.2) is 11.5 Å². The molecule has 0 saturated heterocycles. The number of benzene rings is 11. The Morgan fingerprint density at radius 2 is 0.699 bits per heavy atom. The van der Waals surface area contributed by atoms with E-state index in [1.165, 1.54) is 21.5 Å². The Kier molecular flexibility index (Phi) is 11.2. The summed E-state index contributed by atoms with van der Waals surface area (Å²) in [6.07, 6.45) is 0. The molecule has 0 unspecified atom stereocenters. The number of aromatic nitrogens is 5. The summed E-state index contributed by atoms with van der Waals surface area (Å²) >= 11 is 0. The Labute approximate surface area is 476 Å². The van der Waals surface area contributed by atoms with Crippen molar-refractivity contribution < 1.29 is 0 Å². The van der Waals surface area contributed by atoms with Gasteiger partial charge in [0.25, 0.3) is 0 Å². The molecule has 0 N–H and O–H groups in total. The molecule has 0 spiro atoms. The molecule has 0 fully saturated rings. The van der Waals surface area contributed by atoms with Gasteiger partial charge in [0.2, 0.25) is 0 Å². The van der Waals surface area contributed by atoms with E-state index >= 15 is 0 Å². The summed E-state index contributed by atoms with van der Waals surface area (Å²) in [5.41, 5.74) is 18.4. The predicted molar refractivity (Wildman–Crippen MR) is 333 cm³/mol. The highest BCUT2D eigenvalue weighted by Gasteiger charge is 2.21. The number of fused-ring (bicyclic) bond motifs is 9. The second-order valence-electron chi connectivity index (χ2n) is 20.6. The number of nitrogens with zero attached hydrogens (tertiary/aromatic N) is 9. The van der Waals surface area contributed by atoms with Crippen LogP contribution in [0.2, 0.25) is 0 Å². The lowest BCUT2D eigenvalue weighted by Crippen LogP contribution is -1.96. The molecule has 9 nitrogen and oxygen atoms in total. The molecule has 0 aliphatic carbocycles. The second-order valence-corrected chi connectivity index (χ2v) is 20.6. The molecule has 0 atom stereocenters. The van der Waals surface area contributed by atoms with E-state index in [0.29, 0.717) is 50.7 Å². The Morgan fingerprint density at radius 3 is 1.14 bits per heavy atom. The lowest BCUT2D eigenvalue weighted by atomic mass is 9.93. The minimum Gasteiger partial charge on any atom is -0.309 e. The summed E-state index contributed by atoms with van der Waals surface area (Å²) in [5, 5.41) is 36.7. The van der Waals surface area contributed by atoms with Gasteiger partial charge in [-0.05, 0) is 150 Å². The summed E-state index contributed by atoms with van der Waals surface area (Å²) < 4.78 is 7.07. The Hall–Kier alpha value is -12.1. The summed E-state index contributed by atoms with van der Waals surface area (Å²) in [6.45, 7) is 8.44. The third kappa shape index (κ3) is 7.90. The molecular weight excluding hydrogens is 1010 g/mol. The van der Waals surface area contributed by atoms with Crippen LogP contribution in [0.4, 0.5) is 5.69 Å². The van der Waals surface area contributed by atoms with Crippen LogP contribution in [0.1, 0.15) is 16.7 Å². The van der Waals surface area contributed by atoms with Crippen LogP contribution in [-0.4, -0.2) is 23.7 Å². The number of para-hydroxylation sites is 4. The molecule has 0 aliphatic heterocycles. The van der Waals surface area contributed by atoms with Crippen LogP contribution >= 0.6 is 0 Å². The summed E-state index contributed by atoms with van der Waals surface area (Å²) in [5.74, 6) is 0.484. The molecule has 0 bridgehead atoms. The molecular formula is C74H41N9. The first kappa shape index (κ1) is 48.0. The van der Waals surface area contributed by atoms with Crippen LogP contribution in [0.3, 0.4) is 0 Å².